The smallest absolute Gasteiger partial charge is 0.240 e. The van der Waals surface area contributed by atoms with Crippen molar-refractivity contribution in [1.29, 1.82) is 0 Å². The molecule has 4 nitrogen and oxygen atoms in total. The van der Waals surface area contributed by atoms with Gasteiger partial charge in [-0.3, -0.25) is 4.79 Å². The van der Waals surface area contributed by atoms with Gasteiger partial charge in [-0.05, 0) is 11.0 Å². The lowest BCUT2D eigenvalue weighted by Crippen LogP contribution is -2.53. The summed E-state index contributed by atoms with van der Waals surface area (Å²) in [5, 5.41) is 0. The van der Waals surface area contributed by atoms with Crippen LogP contribution in [0.2, 0.25) is 0 Å². The second-order valence-electron chi connectivity index (χ2n) is 6.40. The highest BCUT2D eigenvalue weighted by atomic mass is 16.5. The van der Waals surface area contributed by atoms with Crippen molar-refractivity contribution in [2.45, 2.75) is 32.9 Å². The van der Waals surface area contributed by atoms with Gasteiger partial charge in [0.2, 0.25) is 5.91 Å². The number of nitrogens with zero attached hydrogens (tertiary/aromatic N) is 1. The van der Waals surface area contributed by atoms with Crippen LogP contribution < -0.4 is 5.73 Å². The molecule has 2 atom stereocenters. The van der Waals surface area contributed by atoms with Crippen molar-refractivity contribution >= 4 is 5.91 Å². The van der Waals surface area contributed by atoms with Gasteiger partial charge in [0, 0.05) is 6.54 Å². The zero-order valence-electron chi connectivity index (χ0n) is 12.5. The average molecular weight is 276 g/mol. The van der Waals surface area contributed by atoms with Crippen molar-refractivity contribution in [3.8, 4) is 0 Å². The van der Waals surface area contributed by atoms with Gasteiger partial charge in [0.1, 0.15) is 6.10 Å². The van der Waals surface area contributed by atoms with Crippen LogP contribution in [0.25, 0.3) is 0 Å². The van der Waals surface area contributed by atoms with Crippen LogP contribution in [0.5, 0.6) is 0 Å². The van der Waals surface area contributed by atoms with Crippen molar-refractivity contribution in [2.75, 3.05) is 19.7 Å². The van der Waals surface area contributed by atoms with Crippen LogP contribution in [-0.2, 0) is 9.53 Å². The molecule has 4 heteroatoms. The fourth-order valence-corrected chi connectivity index (χ4v) is 2.29. The summed E-state index contributed by atoms with van der Waals surface area (Å²) in [5.74, 6) is 0.0155. The predicted molar refractivity (Wildman–Crippen MR) is 79.1 cm³/mol. The summed E-state index contributed by atoms with van der Waals surface area (Å²) in [4.78, 5) is 14.3. The topological polar surface area (TPSA) is 55.6 Å². The molecule has 1 saturated heterocycles. The maximum absolute atomic E-state index is 12.5. The molecule has 2 N–H and O–H groups in total. The summed E-state index contributed by atoms with van der Waals surface area (Å²) in [6.45, 7) is 7.72. The van der Waals surface area contributed by atoms with Crippen LogP contribution >= 0.6 is 0 Å². The Morgan fingerprint density at radius 3 is 2.60 bits per heavy atom. The molecule has 1 fully saturated rings. The number of hydrogen-bond acceptors (Lipinski definition) is 3. The molecule has 0 saturated carbocycles. The van der Waals surface area contributed by atoms with Gasteiger partial charge in [-0.15, -0.1) is 0 Å². The lowest BCUT2D eigenvalue weighted by molar-refractivity contribution is -0.142. The molecule has 0 aromatic heterocycles. The van der Waals surface area contributed by atoms with Gasteiger partial charge in [0.05, 0.1) is 19.2 Å². The highest BCUT2D eigenvalue weighted by molar-refractivity contribution is 5.82. The number of amides is 1. The molecule has 0 radical (unpaired) electrons. The molecule has 1 aliphatic heterocycles. The Kier molecular flexibility index (Phi) is 4.45. The standard InChI is InChI=1S/C16H24N2O2/c1-16(2,3)14(17)15(19)18-9-10-20-13(11-18)12-7-5-4-6-8-12/h4-8,13-14H,9-11,17H2,1-3H3/t13?,14-/m0/s1. The molecule has 20 heavy (non-hydrogen) atoms. The quantitative estimate of drug-likeness (QED) is 0.898. The minimum atomic E-state index is -0.475. The lowest BCUT2D eigenvalue weighted by Gasteiger charge is -2.37. The molecule has 1 heterocycles. The molecule has 1 aliphatic rings. The molecule has 0 aliphatic carbocycles. The number of carbonyl (C=O) groups excluding carboxylic acids is 1. The minimum Gasteiger partial charge on any atom is -0.370 e. The van der Waals surface area contributed by atoms with E-state index in [9.17, 15) is 4.79 Å². The Labute approximate surface area is 120 Å². The lowest BCUT2D eigenvalue weighted by atomic mass is 9.86. The van der Waals surface area contributed by atoms with Crippen LogP contribution in [0.15, 0.2) is 30.3 Å². The van der Waals surface area contributed by atoms with Crippen molar-refractivity contribution in [3.63, 3.8) is 0 Å². The molecule has 1 unspecified atom stereocenters. The fourth-order valence-electron chi connectivity index (χ4n) is 2.29. The molecular formula is C16H24N2O2. The summed E-state index contributed by atoms with van der Waals surface area (Å²) in [6.07, 6.45) is -0.0546. The summed E-state index contributed by atoms with van der Waals surface area (Å²) in [5.41, 5.74) is 6.96. The van der Waals surface area contributed by atoms with Crippen LogP contribution in [0.3, 0.4) is 0 Å². The van der Waals surface area contributed by atoms with Crippen LogP contribution in [-0.4, -0.2) is 36.5 Å². The third-order valence-electron chi connectivity index (χ3n) is 3.75. The third-order valence-corrected chi connectivity index (χ3v) is 3.75. The van der Waals surface area contributed by atoms with E-state index in [0.29, 0.717) is 19.7 Å². The maximum Gasteiger partial charge on any atom is 0.240 e. The number of nitrogens with two attached hydrogens (primary N) is 1. The highest BCUT2D eigenvalue weighted by Gasteiger charge is 2.33. The largest absolute Gasteiger partial charge is 0.370 e. The summed E-state index contributed by atoms with van der Waals surface area (Å²) >= 11 is 0. The number of ether oxygens (including phenoxy) is 1. The molecule has 1 aromatic rings. The monoisotopic (exact) mass is 276 g/mol. The van der Waals surface area contributed by atoms with Crippen molar-refractivity contribution < 1.29 is 9.53 Å². The van der Waals surface area contributed by atoms with E-state index < -0.39 is 6.04 Å². The van der Waals surface area contributed by atoms with Crippen LogP contribution in [0, 0.1) is 5.41 Å². The molecular weight excluding hydrogens is 252 g/mol. The predicted octanol–water partition coefficient (Wildman–Crippen LogP) is 1.96. The van der Waals surface area contributed by atoms with E-state index in [1.165, 1.54) is 0 Å². The molecule has 0 bridgehead atoms. The molecule has 110 valence electrons. The fraction of sp³-hybridized carbons (Fsp3) is 0.562. The first-order valence-corrected chi connectivity index (χ1v) is 7.10. The zero-order valence-corrected chi connectivity index (χ0v) is 12.5. The van der Waals surface area contributed by atoms with E-state index in [4.69, 9.17) is 10.5 Å². The Morgan fingerprint density at radius 1 is 1.35 bits per heavy atom. The zero-order chi connectivity index (χ0) is 14.8. The highest BCUT2D eigenvalue weighted by Crippen LogP contribution is 2.25. The van der Waals surface area contributed by atoms with Gasteiger partial charge in [0.15, 0.2) is 0 Å². The van der Waals surface area contributed by atoms with Crippen LogP contribution in [0.4, 0.5) is 0 Å². The number of benzene rings is 1. The Morgan fingerprint density at radius 2 is 2.00 bits per heavy atom. The Hall–Kier alpha value is -1.39. The van der Waals surface area contributed by atoms with Crippen molar-refractivity contribution in [1.82, 2.24) is 4.90 Å². The number of rotatable bonds is 2. The first-order chi connectivity index (χ1) is 9.39. The van der Waals surface area contributed by atoms with E-state index in [2.05, 4.69) is 0 Å². The summed E-state index contributed by atoms with van der Waals surface area (Å²) in [7, 11) is 0. The van der Waals surface area contributed by atoms with E-state index in [1.54, 1.807) is 0 Å². The first-order valence-electron chi connectivity index (χ1n) is 7.10. The SMILES string of the molecule is CC(C)(C)[C@@H](N)C(=O)N1CCOC(c2ccccc2)C1. The second-order valence-corrected chi connectivity index (χ2v) is 6.40. The molecule has 1 aromatic carbocycles. The van der Waals surface area contributed by atoms with Gasteiger partial charge >= 0.3 is 0 Å². The average Bonchev–Trinajstić information content (AvgIpc) is 2.46. The molecule has 1 amide bonds. The summed E-state index contributed by atoms with van der Waals surface area (Å²) < 4.78 is 5.78. The normalized spacial score (nSPS) is 21.6. The molecule has 2 rings (SSSR count). The third kappa shape index (κ3) is 3.38. The van der Waals surface area contributed by atoms with Gasteiger partial charge in [-0.1, -0.05) is 51.1 Å². The van der Waals surface area contributed by atoms with E-state index in [0.717, 1.165) is 5.56 Å². The summed E-state index contributed by atoms with van der Waals surface area (Å²) in [6, 6.07) is 9.54. The number of carbonyl (C=O) groups is 1. The number of hydrogen-bond donors (Lipinski definition) is 1. The molecule has 0 spiro atoms. The van der Waals surface area contributed by atoms with Crippen molar-refractivity contribution in [2.24, 2.45) is 11.1 Å². The minimum absolute atomic E-state index is 0.0155. The van der Waals surface area contributed by atoms with Gasteiger partial charge in [-0.25, -0.2) is 0 Å². The van der Waals surface area contributed by atoms with E-state index in [-0.39, 0.29) is 17.4 Å². The first kappa shape index (κ1) is 15.0. The van der Waals surface area contributed by atoms with E-state index >= 15 is 0 Å². The van der Waals surface area contributed by atoms with Crippen LogP contribution in [0.1, 0.15) is 32.4 Å². The number of morpholine rings is 1. The Bertz CT molecular complexity index is 453. The second kappa shape index (κ2) is 5.94. The van der Waals surface area contributed by atoms with Gasteiger partial charge < -0.3 is 15.4 Å². The maximum atomic E-state index is 12.5. The Balaban J connectivity index is 2.06. The van der Waals surface area contributed by atoms with Gasteiger partial charge in [-0.2, -0.15) is 0 Å². The van der Waals surface area contributed by atoms with E-state index in [1.807, 2.05) is 56.0 Å². The van der Waals surface area contributed by atoms with Gasteiger partial charge in [0.25, 0.3) is 0 Å². The van der Waals surface area contributed by atoms with Crippen molar-refractivity contribution in [3.05, 3.63) is 35.9 Å².